The van der Waals surface area contributed by atoms with E-state index in [-0.39, 0.29) is 29.7 Å². The number of rotatable bonds is 7. The average Bonchev–Trinajstić information content (AvgIpc) is 3.20. The summed E-state index contributed by atoms with van der Waals surface area (Å²) in [5.74, 6) is -1.00. The minimum atomic E-state index is -4.81. The van der Waals surface area contributed by atoms with Crippen LogP contribution in [0.5, 0.6) is 5.75 Å². The normalized spacial score (nSPS) is 16.0. The summed E-state index contributed by atoms with van der Waals surface area (Å²) in [6.07, 6.45) is -5.82. The molecule has 0 radical (unpaired) electrons. The van der Waals surface area contributed by atoms with E-state index in [0.29, 0.717) is 37.6 Å². The third-order valence-corrected chi connectivity index (χ3v) is 6.01. The van der Waals surface area contributed by atoms with Gasteiger partial charge in [-0.05, 0) is 25.1 Å². The number of aliphatic hydroxyl groups excluding tert-OH is 1. The van der Waals surface area contributed by atoms with Gasteiger partial charge in [-0.25, -0.2) is 0 Å². The molecule has 0 aliphatic carbocycles. The van der Waals surface area contributed by atoms with Crippen LogP contribution in [0.1, 0.15) is 27.0 Å². The van der Waals surface area contributed by atoms with Crippen molar-refractivity contribution in [2.45, 2.75) is 32.5 Å². The second-order valence-electron chi connectivity index (χ2n) is 7.38. The minimum absolute atomic E-state index is 0.0996. The van der Waals surface area contributed by atoms with Gasteiger partial charge in [-0.3, -0.25) is 14.5 Å². The maximum Gasteiger partial charge on any atom is 0.573 e. The molecule has 1 aliphatic rings. The number of nitrogens with zero attached hydrogens (tertiary/aromatic N) is 2. The van der Waals surface area contributed by atoms with Crippen molar-refractivity contribution in [1.29, 1.82) is 0 Å². The monoisotopic (exact) mass is 471 g/mol. The van der Waals surface area contributed by atoms with Crippen molar-refractivity contribution in [2.24, 2.45) is 0 Å². The minimum Gasteiger partial charge on any atom is -0.405 e. The first-order valence-electron chi connectivity index (χ1n) is 10.0. The summed E-state index contributed by atoms with van der Waals surface area (Å²) in [4.78, 5) is 29.5. The lowest BCUT2D eigenvalue weighted by Gasteiger charge is -2.35. The molecule has 2 heterocycles. The Bertz CT molecular complexity index is 940. The van der Waals surface area contributed by atoms with Crippen molar-refractivity contribution in [1.82, 2.24) is 15.1 Å². The molecule has 1 aromatic heterocycles. The molecule has 1 fully saturated rings. The molecule has 2 N–H and O–H groups in total. The Hall–Kier alpha value is -2.63. The zero-order chi connectivity index (χ0) is 23.3. The maximum atomic E-state index is 12.5. The molecule has 1 unspecified atom stereocenters. The molecule has 1 aliphatic heterocycles. The highest BCUT2D eigenvalue weighted by molar-refractivity contribution is 7.14. The van der Waals surface area contributed by atoms with Gasteiger partial charge in [0.15, 0.2) is 0 Å². The average molecular weight is 472 g/mol. The zero-order valence-electron chi connectivity index (χ0n) is 17.4. The molecule has 2 aromatic rings. The summed E-state index contributed by atoms with van der Waals surface area (Å²) in [7, 11) is 0. The summed E-state index contributed by atoms with van der Waals surface area (Å²) in [6, 6.07) is 9.19. The maximum absolute atomic E-state index is 12.5. The van der Waals surface area contributed by atoms with Crippen molar-refractivity contribution in [3.05, 3.63) is 51.7 Å². The first-order chi connectivity index (χ1) is 15.1. The van der Waals surface area contributed by atoms with E-state index < -0.39 is 12.5 Å². The Balaban J connectivity index is 1.51. The number of halogens is 3. The Kier molecular flexibility index (Phi) is 7.75. The SMILES string of the molecule is CC(O)C(=O)N1CCN(Cc2ccc(C(=O)NCc3ccccc3OC(F)(F)F)s2)CC1. The smallest absolute Gasteiger partial charge is 0.405 e. The zero-order valence-corrected chi connectivity index (χ0v) is 18.2. The van der Waals surface area contributed by atoms with E-state index in [1.165, 1.54) is 36.5 Å². The fourth-order valence-electron chi connectivity index (χ4n) is 3.33. The van der Waals surface area contributed by atoms with E-state index in [1.54, 1.807) is 17.0 Å². The quantitative estimate of drug-likeness (QED) is 0.649. The van der Waals surface area contributed by atoms with E-state index in [0.717, 1.165) is 4.88 Å². The number of nitrogens with one attached hydrogen (secondary N) is 1. The highest BCUT2D eigenvalue weighted by Crippen LogP contribution is 2.26. The Labute approximate surface area is 187 Å². The summed E-state index contributed by atoms with van der Waals surface area (Å²) >= 11 is 1.31. The number of benzene rings is 1. The number of carbonyl (C=O) groups is 2. The van der Waals surface area contributed by atoms with E-state index >= 15 is 0 Å². The van der Waals surface area contributed by atoms with Crippen molar-refractivity contribution >= 4 is 23.2 Å². The Morgan fingerprint density at radius 2 is 1.84 bits per heavy atom. The van der Waals surface area contributed by atoms with Crippen molar-refractivity contribution in [3.8, 4) is 5.75 Å². The predicted molar refractivity (Wildman–Crippen MR) is 112 cm³/mol. The van der Waals surface area contributed by atoms with Gasteiger partial charge in [0.2, 0.25) is 0 Å². The molecule has 11 heteroatoms. The number of amides is 2. The number of ether oxygens (including phenoxy) is 1. The van der Waals surface area contributed by atoms with Crippen LogP contribution in [0.2, 0.25) is 0 Å². The summed E-state index contributed by atoms with van der Waals surface area (Å²) in [5.41, 5.74) is 0.222. The van der Waals surface area contributed by atoms with Gasteiger partial charge >= 0.3 is 6.36 Å². The Morgan fingerprint density at radius 3 is 2.50 bits per heavy atom. The summed E-state index contributed by atoms with van der Waals surface area (Å²) < 4.78 is 41.6. The second-order valence-corrected chi connectivity index (χ2v) is 8.55. The van der Waals surface area contributed by atoms with Gasteiger partial charge in [0, 0.05) is 49.7 Å². The molecule has 2 amide bonds. The fourth-order valence-corrected chi connectivity index (χ4v) is 4.30. The number of piperazine rings is 1. The molecule has 174 valence electrons. The van der Waals surface area contributed by atoms with Gasteiger partial charge < -0.3 is 20.1 Å². The highest BCUT2D eigenvalue weighted by Gasteiger charge is 2.32. The van der Waals surface area contributed by atoms with E-state index in [9.17, 15) is 27.9 Å². The number of hydrogen-bond acceptors (Lipinski definition) is 6. The lowest BCUT2D eigenvalue weighted by atomic mass is 10.2. The fraction of sp³-hybridized carbons (Fsp3) is 0.429. The Morgan fingerprint density at radius 1 is 1.16 bits per heavy atom. The molecule has 7 nitrogen and oxygen atoms in total. The van der Waals surface area contributed by atoms with Crippen LogP contribution < -0.4 is 10.1 Å². The van der Waals surface area contributed by atoms with Crippen LogP contribution in [-0.4, -0.2) is 65.4 Å². The standard InChI is InChI=1S/C21H24F3N3O4S/c1-14(28)20(30)27-10-8-26(9-11-27)13-16-6-7-18(32-16)19(29)25-12-15-4-2-3-5-17(15)31-21(22,23)24/h2-7,14,28H,8-13H2,1H3,(H,25,29). The van der Waals surface area contributed by atoms with Crippen LogP contribution in [0.4, 0.5) is 13.2 Å². The molecule has 0 bridgehead atoms. The summed E-state index contributed by atoms with van der Waals surface area (Å²) in [5, 5.41) is 12.0. The van der Waals surface area contributed by atoms with Gasteiger partial charge in [0.05, 0.1) is 4.88 Å². The number of alkyl halides is 3. The van der Waals surface area contributed by atoms with E-state index in [2.05, 4.69) is 15.0 Å². The van der Waals surface area contributed by atoms with Crippen molar-refractivity contribution < 1.29 is 32.6 Å². The van der Waals surface area contributed by atoms with E-state index in [4.69, 9.17) is 0 Å². The molecule has 1 aromatic carbocycles. The summed E-state index contributed by atoms with van der Waals surface area (Å²) in [6.45, 7) is 4.36. The molecular formula is C21H24F3N3O4S. The third kappa shape index (κ3) is 6.68. The number of aliphatic hydroxyl groups is 1. The number of para-hydroxylation sites is 1. The van der Waals surface area contributed by atoms with Gasteiger partial charge in [-0.1, -0.05) is 18.2 Å². The van der Waals surface area contributed by atoms with Gasteiger partial charge in [0.25, 0.3) is 11.8 Å². The lowest BCUT2D eigenvalue weighted by molar-refractivity contribution is -0.274. The van der Waals surface area contributed by atoms with Gasteiger partial charge in [-0.15, -0.1) is 24.5 Å². The van der Waals surface area contributed by atoms with Crippen LogP contribution in [-0.2, 0) is 17.9 Å². The molecular weight excluding hydrogens is 447 g/mol. The molecule has 0 saturated carbocycles. The van der Waals surface area contributed by atoms with Crippen LogP contribution in [0.15, 0.2) is 36.4 Å². The number of carbonyl (C=O) groups excluding carboxylic acids is 2. The molecule has 32 heavy (non-hydrogen) atoms. The predicted octanol–water partition coefficient (Wildman–Crippen LogP) is 2.60. The lowest BCUT2D eigenvalue weighted by Crippen LogP contribution is -2.50. The van der Waals surface area contributed by atoms with Crippen LogP contribution >= 0.6 is 11.3 Å². The largest absolute Gasteiger partial charge is 0.573 e. The molecule has 1 atom stereocenters. The van der Waals surface area contributed by atoms with Crippen LogP contribution in [0, 0.1) is 0 Å². The van der Waals surface area contributed by atoms with Crippen LogP contribution in [0.3, 0.4) is 0 Å². The van der Waals surface area contributed by atoms with Crippen LogP contribution in [0.25, 0.3) is 0 Å². The second kappa shape index (κ2) is 10.3. The molecule has 0 spiro atoms. The number of thiophene rings is 1. The first kappa shape index (κ1) is 24.0. The van der Waals surface area contributed by atoms with Crippen molar-refractivity contribution in [3.63, 3.8) is 0 Å². The topological polar surface area (TPSA) is 82.1 Å². The van der Waals surface area contributed by atoms with Gasteiger partial charge in [-0.2, -0.15) is 0 Å². The number of hydrogen-bond donors (Lipinski definition) is 2. The molecule has 1 saturated heterocycles. The molecule has 3 rings (SSSR count). The third-order valence-electron chi connectivity index (χ3n) is 4.94. The highest BCUT2D eigenvalue weighted by atomic mass is 32.1. The van der Waals surface area contributed by atoms with E-state index in [1.807, 2.05) is 6.07 Å². The van der Waals surface area contributed by atoms with Gasteiger partial charge in [0.1, 0.15) is 11.9 Å². The first-order valence-corrected chi connectivity index (χ1v) is 10.8. The van der Waals surface area contributed by atoms with Crippen molar-refractivity contribution in [2.75, 3.05) is 26.2 Å².